The lowest BCUT2D eigenvalue weighted by atomic mass is 9.96. The molecule has 116 valence electrons. The third kappa shape index (κ3) is 2.73. The van der Waals surface area contributed by atoms with Gasteiger partial charge < -0.3 is 0 Å². The summed E-state index contributed by atoms with van der Waals surface area (Å²) in [5.74, 6) is 0. The first-order valence-corrected chi connectivity index (χ1v) is 8.12. The maximum Gasteiger partial charge on any atom is 0.255 e. The van der Waals surface area contributed by atoms with Gasteiger partial charge in [0.25, 0.3) is 10.0 Å². The standard InChI is InChI=1S/C13H16N6O2S/c1-8-4-2-3-5-9(8)10-6-7-15-13(22(14,20)21)11(10)12-16-18-19-17-12/h2-7,12,16-19H,1H3,(H2,14,20,21). The molecule has 9 heteroatoms. The Morgan fingerprint density at radius 1 is 1.09 bits per heavy atom. The van der Waals surface area contributed by atoms with E-state index in [4.69, 9.17) is 5.14 Å². The van der Waals surface area contributed by atoms with Gasteiger partial charge in [0.2, 0.25) is 0 Å². The van der Waals surface area contributed by atoms with Crippen molar-refractivity contribution in [2.75, 3.05) is 0 Å². The highest BCUT2D eigenvalue weighted by Gasteiger charge is 2.28. The highest BCUT2D eigenvalue weighted by Crippen LogP contribution is 2.32. The average Bonchev–Trinajstić information content (AvgIpc) is 3.00. The first kappa shape index (κ1) is 15.0. The van der Waals surface area contributed by atoms with Crippen molar-refractivity contribution in [2.45, 2.75) is 18.1 Å². The van der Waals surface area contributed by atoms with Gasteiger partial charge in [0.1, 0.15) is 6.17 Å². The van der Waals surface area contributed by atoms with Crippen LogP contribution in [0.15, 0.2) is 41.6 Å². The summed E-state index contributed by atoms with van der Waals surface area (Å²) < 4.78 is 23.8. The van der Waals surface area contributed by atoms with Crippen LogP contribution in [0.25, 0.3) is 11.1 Å². The number of nitrogens with two attached hydrogens (primary N) is 1. The number of hydrazine groups is 3. The maximum absolute atomic E-state index is 11.9. The van der Waals surface area contributed by atoms with Crippen molar-refractivity contribution >= 4 is 10.0 Å². The summed E-state index contributed by atoms with van der Waals surface area (Å²) in [5.41, 5.74) is 14.2. The quantitative estimate of drug-likeness (QED) is 0.532. The summed E-state index contributed by atoms with van der Waals surface area (Å²) in [6.07, 6.45) is 0.942. The van der Waals surface area contributed by atoms with Gasteiger partial charge in [-0.3, -0.25) is 0 Å². The highest BCUT2D eigenvalue weighted by molar-refractivity contribution is 7.89. The number of hydrogen-bond acceptors (Lipinski definition) is 7. The second-order valence-corrected chi connectivity index (χ2v) is 6.39. The van der Waals surface area contributed by atoms with Gasteiger partial charge >= 0.3 is 0 Å². The molecule has 0 radical (unpaired) electrons. The zero-order chi connectivity index (χ0) is 15.7. The van der Waals surface area contributed by atoms with Crippen LogP contribution < -0.4 is 27.1 Å². The second-order valence-electron chi connectivity index (χ2n) is 4.91. The van der Waals surface area contributed by atoms with E-state index in [1.807, 2.05) is 31.2 Å². The van der Waals surface area contributed by atoms with Gasteiger partial charge in [0, 0.05) is 11.8 Å². The van der Waals surface area contributed by atoms with Crippen LogP contribution in [-0.2, 0) is 10.0 Å². The Morgan fingerprint density at radius 3 is 2.41 bits per heavy atom. The molecule has 1 fully saturated rings. The zero-order valence-corrected chi connectivity index (χ0v) is 12.6. The van der Waals surface area contributed by atoms with Crippen LogP contribution in [0, 0.1) is 6.92 Å². The summed E-state index contributed by atoms with van der Waals surface area (Å²) in [7, 11) is -3.96. The molecule has 8 nitrogen and oxygen atoms in total. The number of benzene rings is 1. The van der Waals surface area contributed by atoms with Gasteiger partial charge in [-0.1, -0.05) is 24.3 Å². The average molecular weight is 320 g/mol. The van der Waals surface area contributed by atoms with Crippen molar-refractivity contribution in [3.63, 3.8) is 0 Å². The zero-order valence-electron chi connectivity index (χ0n) is 11.8. The molecule has 0 aliphatic carbocycles. The lowest BCUT2D eigenvalue weighted by Gasteiger charge is -2.18. The topological polar surface area (TPSA) is 121 Å². The fourth-order valence-electron chi connectivity index (χ4n) is 2.47. The molecule has 0 unspecified atom stereocenters. The molecule has 1 saturated heterocycles. The van der Waals surface area contributed by atoms with E-state index in [1.54, 1.807) is 6.07 Å². The van der Waals surface area contributed by atoms with E-state index in [2.05, 4.69) is 26.9 Å². The number of nitrogens with zero attached hydrogens (tertiary/aromatic N) is 1. The highest BCUT2D eigenvalue weighted by atomic mass is 32.2. The van der Waals surface area contributed by atoms with Crippen molar-refractivity contribution in [3.8, 4) is 11.1 Å². The minimum atomic E-state index is -3.96. The molecule has 2 aromatic rings. The number of rotatable bonds is 3. The molecule has 2 heterocycles. The molecule has 1 aromatic carbocycles. The third-order valence-corrected chi connectivity index (χ3v) is 4.31. The molecule has 1 aromatic heterocycles. The first-order chi connectivity index (χ1) is 10.5. The Kier molecular flexibility index (Phi) is 3.91. The summed E-state index contributed by atoms with van der Waals surface area (Å²) in [6, 6.07) is 9.48. The van der Waals surface area contributed by atoms with Crippen LogP contribution in [0.5, 0.6) is 0 Å². The summed E-state index contributed by atoms with van der Waals surface area (Å²) in [6.45, 7) is 1.96. The van der Waals surface area contributed by atoms with Crippen molar-refractivity contribution in [1.82, 2.24) is 26.9 Å². The molecule has 6 N–H and O–H groups in total. The number of nitrogens with one attached hydrogen (secondary N) is 4. The van der Waals surface area contributed by atoms with Crippen molar-refractivity contribution in [3.05, 3.63) is 47.7 Å². The normalized spacial score (nSPS) is 16.1. The molecule has 22 heavy (non-hydrogen) atoms. The Bertz CT molecular complexity index is 802. The fourth-order valence-corrected chi connectivity index (χ4v) is 3.21. The molecule has 1 aliphatic rings. The number of aryl methyl sites for hydroxylation is 1. The minimum absolute atomic E-state index is 0.163. The van der Waals surface area contributed by atoms with E-state index in [0.29, 0.717) is 5.56 Å². The predicted molar refractivity (Wildman–Crippen MR) is 81.1 cm³/mol. The Hall–Kier alpha value is -1.88. The van der Waals surface area contributed by atoms with Crippen LogP contribution in [0.4, 0.5) is 0 Å². The van der Waals surface area contributed by atoms with E-state index < -0.39 is 16.2 Å². The van der Waals surface area contributed by atoms with Crippen LogP contribution in [0.2, 0.25) is 0 Å². The van der Waals surface area contributed by atoms with E-state index in [9.17, 15) is 8.42 Å². The minimum Gasteiger partial charge on any atom is -0.243 e. The summed E-state index contributed by atoms with van der Waals surface area (Å²) >= 11 is 0. The number of pyridine rings is 1. The molecule has 3 rings (SSSR count). The summed E-state index contributed by atoms with van der Waals surface area (Å²) in [4.78, 5) is 3.96. The Morgan fingerprint density at radius 2 is 1.77 bits per heavy atom. The summed E-state index contributed by atoms with van der Waals surface area (Å²) in [5, 5.41) is 5.16. The van der Waals surface area contributed by atoms with Crippen molar-refractivity contribution < 1.29 is 8.42 Å². The SMILES string of the molecule is Cc1ccccc1-c1ccnc(S(N)(=O)=O)c1C1NNNN1. The molecule has 1 aliphatic heterocycles. The van der Waals surface area contributed by atoms with Crippen molar-refractivity contribution in [1.29, 1.82) is 0 Å². The smallest absolute Gasteiger partial charge is 0.243 e. The second kappa shape index (κ2) is 5.72. The van der Waals surface area contributed by atoms with E-state index in [0.717, 1.165) is 16.7 Å². The maximum atomic E-state index is 11.9. The van der Waals surface area contributed by atoms with Crippen molar-refractivity contribution in [2.24, 2.45) is 5.14 Å². The van der Waals surface area contributed by atoms with Gasteiger partial charge in [-0.25, -0.2) is 29.4 Å². The Labute approximate surface area is 128 Å². The van der Waals surface area contributed by atoms with E-state index in [-0.39, 0.29) is 5.03 Å². The van der Waals surface area contributed by atoms with E-state index in [1.165, 1.54) is 6.20 Å². The van der Waals surface area contributed by atoms with Gasteiger partial charge in [-0.2, -0.15) is 11.1 Å². The molecule has 0 spiro atoms. The number of hydrogen-bond donors (Lipinski definition) is 5. The largest absolute Gasteiger partial charge is 0.255 e. The molecule has 0 bridgehead atoms. The van der Waals surface area contributed by atoms with Gasteiger partial charge in [0.15, 0.2) is 5.03 Å². The molecular weight excluding hydrogens is 304 g/mol. The molecule has 0 amide bonds. The monoisotopic (exact) mass is 320 g/mol. The fraction of sp³-hybridized carbons (Fsp3) is 0.154. The molecular formula is C13H16N6O2S. The number of sulfonamides is 1. The Balaban J connectivity index is 2.28. The van der Waals surface area contributed by atoms with Crippen LogP contribution in [0.3, 0.4) is 0 Å². The van der Waals surface area contributed by atoms with Crippen LogP contribution in [0.1, 0.15) is 17.3 Å². The molecule has 0 saturated carbocycles. The predicted octanol–water partition coefficient (Wildman–Crippen LogP) is -0.180. The van der Waals surface area contributed by atoms with Crippen LogP contribution in [-0.4, -0.2) is 13.4 Å². The number of aromatic nitrogens is 1. The lowest BCUT2D eigenvalue weighted by Crippen LogP contribution is -2.33. The van der Waals surface area contributed by atoms with Gasteiger partial charge in [-0.05, 0) is 29.7 Å². The van der Waals surface area contributed by atoms with Crippen LogP contribution >= 0.6 is 0 Å². The van der Waals surface area contributed by atoms with Gasteiger partial charge in [-0.15, -0.1) is 0 Å². The lowest BCUT2D eigenvalue weighted by molar-refractivity contribution is 0.534. The van der Waals surface area contributed by atoms with E-state index >= 15 is 0 Å². The van der Waals surface area contributed by atoms with Gasteiger partial charge in [0.05, 0.1) is 0 Å². The first-order valence-electron chi connectivity index (χ1n) is 6.57. The third-order valence-electron chi connectivity index (χ3n) is 3.44. The molecule has 0 atom stereocenters. The number of primary sulfonamides is 1.